The molecule has 12 aromatic rings. The molecule has 7 heteroatoms. The minimum absolute atomic E-state index is 0. The zero-order valence-electron chi connectivity index (χ0n) is 44.4. The van der Waals surface area contributed by atoms with Gasteiger partial charge in [0.2, 0.25) is 0 Å². The van der Waals surface area contributed by atoms with E-state index in [9.17, 15) is 0 Å². The van der Waals surface area contributed by atoms with Crippen molar-refractivity contribution in [3.8, 4) is 0 Å². The van der Waals surface area contributed by atoms with Gasteiger partial charge in [0.15, 0.2) is 0 Å². The number of hydrogen-bond acceptors (Lipinski definition) is 0. The molecule has 2 atom stereocenters. The van der Waals surface area contributed by atoms with Gasteiger partial charge in [-0.1, -0.05) is 215 Å². The Morgan fingerprint density at radius 3 is 0.818 bits per heavy atom. The number of para-hydroxylation sites is 6. The summed E-state index contributed by atoms with van der Waals surface area (Å²) < 4.78 is 4.55. The molecule has 0 radical (unpaired) electrons. The number of fused-ring (bicyclic) bond motifs is 6. The van der Waals surface area contributed by atoms with Crippen molar-refractivity contribution in [1.82, 2.24) is 9.13 Å². The first-order chi connectivity index (χ1) is 37.2. The van der Waals surface area contributed by atoms with Gasteiger partial charge in [0, 0.05) is 69.5 Å². The van der Waals surface area contributed by atoms with Crippen molar-refractivity contribution in [2.24, 2.45) is 0 Å². The maximum atomic E-state index is 5.21. The van der Waals surface area contributed by atoms with Gasteiger partial charge in [-0.2, -0.15) is 49.2 Å². The fraction of sp³-hybridized carbons (Fsp3) is 0.114. The van der Waals surface area contributed by atoms with Gasteiger partial charge in [0.25, 0.3) is 0 Å². The molecule has 0 aliphatic heterocycles. The van der Waals surface area contributed by atoms with Crippen LogP contribution in [-0.2, 0) is 38.9 Å². The third-order valence-corrected chi connectivity index (χ3v) is 13.3. The quantitative estimate of drug-likeness (QED) is 0.0864. The Morgan fingerprint density at radius 2 is 0.558 bits per heavy atom. The molecule has 0 aliphatic rings. The molecule has 0 saturated heterocycles. The summed E-state index contributed by atoms with van der Waals surface area (Å²) >= 11 is 0. The average molecular weight is 1170 g/mol. The molecule has 0 aliphatic carbocycles. The van der Waals surface area contributed by atoms with Gasteiger partial charge >= 0.3 is 0 Å². The van der Waals surface area contributed by atoms with Gasteiger partial charge in [-0.25, -0.2) is 0 Å². The van der Waals surface area contributed by atoms with Crippen LogP contribution in [0.5, 0.6) is 0 Å². The molecule has 10 aromatic carbocycles. The molecule has 0 amide bonds. The van der Waals surface area contributed by atoms with Gasteiger partial charge in [0.05, 0.1) is 0 Å². The number of nitrogens with zero attached hydrogens (tertiary/aromatic N) is 6. The summed E-state index contributed by atoms with van der Waals surface area (Å²) in [5.41, 5.74) is 15.8. The van der Waals surface area contributed by atoms with Gasteiger partial charge in [-0.05, 0) is 52.0 Å². The molecular formula is C70H64HfN6-6. The molecule has 77 heavy (non-hydrogen) atoms. The fourth-order valence-electron chi connectivity index (χ4n) is 9.51. The van der Waals surface area contributed by atoms with E-state index in [-0.39, 0.29) is 38.4 Å². The maximum absolute atomic E-state index is 5.21. The number of aromatic nitrogens is 2. The van der Waals surface area contributed by atoms with Crippen LogP contribution in [0, 0.1) is 41.5 Å². The van der Waals surface area contributed by atoms with Crippen LogP contribution in [0.3, 0.4) is 0 Å². The molecule has 6 nitrogen and oxygen atoms in total. The van der Waals surface area contributed by atoms with Crippen LogP contribution in [0.1, 0.15) is 57.1 Å². The van der Waals surface area contributed by atoms with Crippen LogP contribution in [0.15, 0.2) is 255 Å². The second-order valence-electron chi connectivity index (χ2n) is 18.9. The summed E-state index contributed by atoms with van der Waals surface area (Å²) in [4.78, 5) is 0. The molecular weight excluding hydrogens is 1100 g/mol. The third-order valence-electron chi connectivity index (χ3n) is 13.3. The minimum Gasteiger partial charge on any atom is -0.682 e. The normalized spacial score (nSPS) is 11.5. The first-order valence-corrected chi connectivity index (χ1v) is 25.9. The monoisotopic (exact) mass is 1170 g/mol. The van der Waals surface area contributed by atoms with E-state index in [1.54, 1.807) is 0 Å². The second-order valence-corrected chi connectivity index (χ2v) is 18.9. The Kier molecular flexibility index (Phi) is 19.4. The standard InChI is InChI=1S/2C28H25N3.2C7H7.Hf/c2*1-20-11-10-12-21(2)27(20)30-28(29-19-22-13-4-3-5-14-22)31-25-17-8-6-15-23(25)24-16-7-9-18-26(24)31;2*1-7-5-3-2-4-6-7;/h2*3-18,28H,19H2,1-2H3;2*2-6H,1H2;/q2*-2;2*-1;. The van der Waals surface area contributed by atoms with Crippen LogP contribution < -0.4 is 0 Å². The van der Waals surface area contributed by atoms with Gasteiger partial charge < -0.3 is 30.4 Å². The Morgan fingerprint density at radius 1 is 0.312 bits per heavy atom. The summed E-state index contributed by atoms with van der Waals surface area (Å²) in [6.45, 7) is 17.1. The average Bonchev–Trinajstić information content (AvgIpc) is 3.98. The van der Waals surface area contributed by atoms with Crippen molar-refractivity contribution in [2.45, 2.75) is 53.4 Å². The summed E-state index contributed by atoms with van der Waals surface area (Å²) in [5, 5.41) is 25.6. The fourth-order valence-corrected chi connectivity index (χ4v) is 9.51. The summed E-state index contributed by atoms with van der Waals surface area (Å²) in [7, 11) is 0. The molecule has 12 rings (SSSR count). The van der Waals surface area contributed by atoms with Crippen molar-refractivity contribution in [2.75, 3.05) is 0 Å². The molecule has 0 fully saturated rings. The molecule has 2 aromatic heterocycles. The molecule has 2 heterocycles. The Bertz CT molecular complexity index is 3340. The van der Waals surface area contributed by atoms with E-state index in [2.05, 4.69) is 233 Å². The zero-order valence-corrected chi connectivity index (χ0v) is 48.0. The maximum Gasteiger partial charge on any atom is 0.0463 e. The van der Waals surface area contributed by atoms with Crippen LogP contribution in [0.4, 0.5) is 11.4 Å². The Balaban J connectivity index is 0.000000161. The van der Waals surface area contributed by atoms with E-state index in [1.165, 1.54) is 54.9 Å². The van der Waals surface area contributed by atoms with E-state index in [1.807, 2.05) is 72.8 Å². The molecule has 0 bridgehead atoms. The first-order valence-electron chi connectivity index (χ1n) is 25.9. The van der Waals surface area contributed by atoms with Crippen molar-refractivity contribution < 1.29 is 25.8 Å². The predicted octanol–water partition coefficient (Wildman–Crippen LogP) is 20.0. The summed E-state index contributed by atoms with van der Waals surface area (Å²) in [6.07, 6.45) is -0.713. The number of aryl methyl sites for hydroxylation is 4. The Hall–Kier alpha value is -8.07. The first kappa shape index (κ1) is 55.2. The number of rotatable bonds is 12. The van der Waals surface area contributed by atoms with Crippen LogP contribution in [0.25, 0.3) is 64.9 Å². The second kappa shape index (κ2) is 27.1. The van der Waals surface area contributed by atoms with Crippen molar-refractivity contribution in [3.05, 3.63) is 334 Å². The molecule has 2 unspecified atom stereocenters. The van der Waals surface area contributed by atoms with Crippen molar-refractivity contribution >= 4 is 55.0 Å². The smallest absolute Gasteiger partial charge is 0.0463 e. The molecule has 0 spiro atoms. The van der Waals surface area contributed by atoms with E-state index in [0.717, 1.165) is 44.6 Å². The van der Waals surface area contributed by atoms with E-state index in [4.69, 9.17) is 21.3 Å². The predicted molar refractivity (Wildman–Crippen MR) is 324 cm³/mol. The SMILES string of the molecule is Cc1cccc(C)c1[N-]C([N-]Cc1ccccc1)n1c2ccccc2c2ccccc21.Cc1cccc(C)c1[N-]C([N-]Cc1ccccc1)n1c2ccccc2c2ccccc21.[CH2-]c1ccccc1.[CH2-]c1ccccc1.[Hf]. The minimum atomic E-state index is -0.357. The third kappa shape index (κ3) is 13.9. The topological polar surface area (TPSA) is 66.3 Å². The van der Waals surface area contributed by atoms with Crippen molar-refractivity contribution in [1.29, 1.82) is 0 Å². The molecule has 384 valence electrons. The molecule has 0 N–H and O–H groups in total. The van der Waals surface area contributed by atoms with Gasteiger partial charge in [-0.3, -0.25) is 0 Å². The van der Waals surface area contributed by atoms with E-state index >= 15 is 0 Å². The van der Waals surface area contributed by atoms with E-state index < -0.39 is 0 Å². The number of benzene rings is 10. The largest absolute Gasteiger partial charge is 0.682 e. The van der Waals surface area contributed by atoms with Gasteiger partial charge in [-0.15, -0.1) is 61.3 Å². The van der Waals surface area contributed by atoms with Crippen molar-refractivity contribution in [3.63, 3.8) is 0 Å². The van der Waals surface area contributed by atoms with Crippen LogP contribution in [0.2, 0.25) is 0 Å². The number of hydrogen-bond donors (Lipinski definition) is 0. The Labute approximate surface area is 474 Å². The van der Waals surface area contributed by atoms with E-state index in [0.29, 0.717) is 13.1 Å². The summed E-state index contributed by atoms with van der Waals surface area (Å²) in [6, 6.07) is 87.3. The summed E-state index contributed by atoms with van der Waals surface area (Å²) in [5.74, 6) is 0. The zero-order chi connectivity index (χ0) is 52.6. The van der Waals surface area contributed by atoms with Crippen LogP contribution in [-0.4, -0.2) is 9.13 Å². The van der Waals surface area contributed by atoms with Crippen LogP contribution >= 0.6 is 0 Å². The molecule has 0 saturated carbocycles. The van der Waals surface area contributed by atoms with Gasteiger partial charge in [0.1, 0.15) is 0 Å².